The van der Waals surface area contributed by atoms with Crippen molar-refractivity contribution in [1.29, 1.82) is 0 Å². The standard InChI is InChI=1S/C21H27N5O3/c1-2-3-5-17-20(23-16-6-7-18-19(14-16)29-13-12-28-18)24-21(27)26(17)10-4-9-25-11-8-22-15-25/h6-8,11,14-15,23H,2-5,9-10,12-13H2,1H3,(H,24,27). The predicted molar refractivity (Wildman–Crippen MR) is 111 cm³/mol. The van der Waals surface area contributed by atoms with Crippen molar-refractivity contribution in [3.8, 4) is 11.5 Å². The van der Waals surface area contributed by atoms with Gasteiger partial charge in [0.1, 0.15) is 19.0 Å². The number of imidazole rings is 2. The van der Waals surface area contributed by atoms with Gasteiger partial charge in [0, 0.05) is 37.2 Å². The lowest BCUT2D eigenvalue weighted by molar-refractivity contribution is 0.171. The van der Waals surface area contributed by atoms with E-state index in [1.54, 1.807) is 12.5 Å². The topological polar surface area (TPSA) is 86.1 Å². The number of nitrogens with one attached hydrogen (secondary N) is 2. The Balaban J connectivity index is 1.53. The molecule has 29 heavy (non-hydrogen) atoms. The zero-order valence-corrected chi connectivity index (χ0v) is 16.7. The third-order valence-corrected chi connectivity index (χ3v) is 5.03. The maximum absolute atomic E-state index is 12.6. The molecule has 0 unspecified atom stereocenters. The highest BCUT2D eigenvalue weighted by atomic mass is 16.6. The lowest BCUT2D eigenvalue weighted by Gasteiger charge is -2.19. The number of fused-ring (bicyclic) bond motifs is 1. The van der Waals surface area contributed by atoms with E-state index in [9.17, 15) is 4.79 Å². The molecule has 1 aromatic carbocycles. The molecule has 1 aliphatic rings. The van der Waals surface area contributed by atoms with Gasteiger partial charge in [-0.05, 0) is 31.4 Å². The van der Waals surface area contributed by atoms with Crippen molar-refractivity contribution in [1.82, 2.24) is 19.1 Å². The molecule has 4 rings (SSSR count). The molecule has 0 saturated carbocycles. The molecule has 0 saturated heterocycles. The molecule has 2 aromatic heterocycles. The number of hydrogen-bond donors (Lipinski definition) is 2. The van der Waals surface area contributed by atoms with Crippen molar-refractivity contribution < 1.29 is 9.47 Å². The summed E-state index contributed by atoms with van der Waals surface area (Å²) in [5.74, 6) is 2.22. The smallest absolute Gasteiger partial charge is 0.327 e. The minimum Gasteiger partial charge on any atom is -0.486 e. The zero-order chi connectivity index (χ0) is 20.1. The fourth-order valence-corrected chi connectivity index (χ4v) is 3.54. The molecular formula is C21H27N5O3. The van der Waals surface area contributed by atoms with E-state index in [2.05, 4.69) is 22.2 Å². The zero-order valence-electron chi connectivity index (χ0n) is 16.7. The number of unbranched alkanes of at least 4 members (excludes halogenated alkanes) is 1. The van der Waals surface area contributed by atoms with Crippen molar-refractivity contribution in [3.63, 3.8) is 0 Å². The van der Waals surface area contributed by atoms with E-state index in [0.29, 0.717) is 19.8 Å². The van der Waals surface area contributed by atoms with Crippen molar-refractivity contribution in [2.45, 2.75) is 45.7 Å². The molecule has 0 radical (unpaired) electrons. The van der Waals surface area contributed by atoms with Crippen LogP contribution in [0.2, 0.25) is 0 Å². The number of benzene rings is 1. The Hall–Kier alpha value is -3.16. The van der Waals surface area contributed by atoms with Gasteiger partial charge in [0.25, 0.3) is 0 Å². The molecule has 0 spiro atoms. The van der Waals surface area contributed by atoms with Gasteiger partial charge in [-0.2, -0.15) is 0 Å². The molecule has 0 fully saturated rings. The van der Waals surface area contributed by atoms with Crippen LogP contribution in [0.5, 0.6) is 11.5 Å². The summed E-state index contributed by atoms with van der Waals surface area (Å²) in [7, 11) is 0. The summed E-state index contributed by atoms with van der Waals surface area (Å²) in [6.07, 6.45) is 9.29. The summed E-state index contributed by atoms with van der Waals surface area (Å²) >= 11 is 0. The highest BCUT2D eigenvalue weighted by Gasteiger charge is 2.16. The summed E-state index contributed by atoms with van der Waals surface area (Å²) in [6, 6.07) is 5.74. The van der Waals surface area contributed by atoms with Gasteiger partial charge in [-0.25, -0.2) is 9.78 Å². The molecule has 2 N–H and O–H groups in total. The number of H-pyrrole nitrogens is 1. The molecule has 0 aliphatic carbocycles. The Labute approximate surface area is 169 Å². The second kappa shape index (κ2) is 8.89. The largest absolute Gasteiger partial charge is 0.486 e. The van der Waals surface area contributed by atoms with Gasteiger partial charge in [-0.15, -0.1) is 0 Å². The van der Waals surface area contributed by atoms with Gasteiger partial charge in [-0.3, -0.25) is 9.55 Å². The van der Waals surface area contributed by atoms with Crippen LogP contribution in [0.15, 0.2) is 41.7 Å². The van der Waals surface area contributed by atoms with E-state index < -0.39 is 0 Å². The van der Waals surface area contributed by atoms with Gasteiger partial charge in [0.2, 0.25) is 0 Å². The molecule has 8 heteroatoms. The fourth-order valence-electron chi connectivity index (χ4n) is 3.54. The van der Waals surface area contributed by atoms with Crippen LogP contribution in [0.4, 0.5) is 11.5 Å². The van der Waals surface area contributed by atoms with Crippen molar-refractivity contribution in [2.75, 3.05) is 18.5 Å². The number of ether oxygens (including phenoxy) is 2. The summed E-state index contributed by atoms with van der Waals surface area (Å²) in [5, 5.41) is 3.37. The van der Waals surface area contributed by atoms with Crippen LogP contribution in [-0.2, 0) is 19.5 Å². The third-order valence-electron chi connectivity index (χ3n) is 5.03. The number of anilines is 2. The molecule has 0 atom stereocenters. The molecule has 1 aliphatic heterocycles. The first-order valence-corrected chi connectivity index (χ1v) is 10.2. The first-order chi connectivity index (χ1) is 14.2. The summed E-state index contributed by atoms with van der Waals surface area (Å²) in [4.78, 5) is 19.7. The molecular weight excluding hydrogens is 370 g/mol. The van der Waals surface area contributed by atoms with Gasteiger partial charge >= 0.3 is 5.69 Å². The number of nitrogens with zero attached hydrogens (tertiary/aromatic N) is 3. The Morgan fingerprint density at radius 1 is 1.17 bits per heavy atom. The normalized spacial score (nSPS) is 12.9. The lowest BCUT2D eigenvalue weighted by Crippen LogP contribution is -2.20. The van der Waals surface area contributed by atoms with Gasteiger partial charge in [-0.1, -0.05) is 13.3 Å². The van der Waals surface area contributed by atoms with Crippen LogP contribution in [0.1, 0.15) is 31.9 Å². The third kappa shape index (κ3) is 4.47. The van der Waals surface area contributed by atoms with E-state index in [-0.39, 0.29) is 5.69 Å². The quantitative estimate of drug-likeness (QED) is 0.578. The maximum atomic E-state index is 12.6. The average Bonchev–Trinajstić information content (AvgIpc) is 3.35. The second-order valence-corrected chi connectivity index (χ2v) is 7.14. The summed E-state index contributed by atoms with van der Waals surface area (Å²) in [6.45, 7) is 4.76. The minimum atomic E-state index is -0.0817. The highest BCUT2D eigenvalue weighted by Crippen LogP contribution is 2.33. The SMILES string of the molecule is CCCCc1c(Nc2ccc3c(c2)OCCO3)[nH]c(=O)n1CCCn1ccnc1. The average molecular weight is 397 g/mol. The Kier molecular flexibility index (Phi) is 5.88. The van der Waals surface area contributed by atoms with Crippen LogP contribution >= 0.6 is 0 Å². The van der Waals surface area contributed by atoms with Crippen LogP contribution in [0.25, 0.3) is 0 Å². The first kappa shape index (κ1) is 19.2. The van der Waals surface area contributed by atoms with E-state index in [1.807, 2.05) is 33.5 Å². The first-order valence-electron chi connectivity index (χ1n) is 10.2. The van der Waals surface area contributed by atoms with Gasteiger partial charge < -0.3 is 19.4 Å². The Morgan fingerprint density at radius 3 is 2.83 bits per heavy atom. The second-order valence-electron chi connectivity index (χ2n) is 7.14. The van der Waals surface area contributed by atoms with E-state index in [1.165, 1.54) is 0 Å². The van der Waals surface area contributed by atoms with Gasteiger partial charge in [0.15, 0.2) is 11.5 Å². The van der Waals surface area contributed by atoms with Crippen LogP contribution < -0.4 is 20.5 Å². The van der Waals surface area contributed by atoms with Crippen LogP contribution in [0, 0.1) is 0 Å². The highest BCUT2D eigenvalue weighted by molar-refractivity contribution is 5.63. The molecule has 8 nitrogen and oxygen atoms in total. The molecule has 154 valence electrons. The number of rotatable bonds is 9. The number of hydrogen-bond acceptors (Lipinski definition) is 5. The summed E-state index contributed by atoms with van der Waals surface area (Å²) < 4.78 is 15.1. The number of aromatic amines is 1. The predicted octanol–water partition coefficient (Wildman–Crippen LogP) is 3.32. The van der Waals surface area contributed by atoms with Gasteiger partial charge in [0.05, 0.1) is 12.0 Å². The minimum absolute atomic E-state index is 0.0817. The van der Waals surface area contributed by atoms with E-state index in [0.717, 1.165) is 60.9 Å². The number of aryl methyl sites for hydroxylation is 1. The van der Waals surface area contributed by atoms with Crippen molar-refractivity contribution in [3.05, 3.63) is 53.1 Å². The monoisotopic (exact) mass is 397 g/mol. The Bertz CT molecular complexity index is 990. The number of aromatic nitrogens is 4. The van der Waals surface area contributed by atoms with Crippen molar-refractivity contribution in [2.24, 2.45) is 0 Å². The molecule has 3 aromatic rings. The van der Waals surface area contributed by atoms with E-state index in [4.69, 9.17) is 9.47 Å². The maximum Gasteiger partial charge on any atom is 0.327 e. The fraction of sp³-hybridized carbons (Fsp3) is 0.429. The molecule has 3 heterocycles. The van der Waals surface area contributed by atoms with Crippen molar-refractivity contribution >= 4 is 11.5 Å². The lowest BCUT2D eigenvalue weighted by atomic mass is 10.2. The molecule has 0 bridgehead atoms. The Morgan fingerprint density at radius 2 is 2.03 bits per heavy atom. The van der Waals surface area contributed by atoms with Crippen LogP contribution in [-0.4, -0.2) is 32.3 Å². The van der Waals surface area contributed by atoms with E-state index >= 15 is 0 Å². The molecule has 0 amide bonds. The van der Waals surface area contributed by atoms with Crippen LogP contribution in [0.3, 0.4) is 0 Å². The summed E-state index contributed by atoms with van der Waals surface area (Å²) in [5.41, 5.74) is 1.79.